The molecule has 25 heavy (non-hydrogen) atoms. The number of aryl methyl sites for hydroxylation is 1. The molecule has 1 N–H and O–H groups in total. The maximum atomic E-state index is 12.3. The van der Waals surface area contributed by atoms with Gasteiger partial charge in [-0.05, 0) is 37.1 Å². The zero-order valence-electron chi connectivity index (χ0n) is 13.9. The highest BCUT2D eigenvalue weighted by atomic mass is 16.6. The molecular weight excluding hydrogens is 324 g/mol. The second kappa shape index (κ2) is 8.05. The van der Waals surface area contributed by atoms with Gasteiger partial charge in [0.1, 0.15) is 5.69 Å². The number of ether oxygens (including phenoxy) is 1. The van der Waals surface area contributed by atoms with E-state index in [4.69, 9.17) is 4.74 Å². The zero-order valence-corrected chi connectivity index (χ0v) is 13.9. The van der Waals surface area contributed by atoms with Crippen LogP contribution in [0.1, 0.15) is 28.4 Å². The summed E-state index contributed by atoms with van der Waals surface area (Å²) in [5.41, 5.74) is 1.59. The Kier molecular flexibility index (Phi) is 5.84. The number of nitrogens with one attached hydrogen (secondary N) is 1. The standard InChI is InChI=1S/C18H18N2O5/c1-3-25-18(22)14-8-9-16(20(23)24)15(10-14)19-17(21)11-13-7-5-4-6-12(13)2/h4-10H,3,11H2,1-2H3,(H,19,21). The Bertz CT molecular complexity index is 817. The highest BCUT2D eigenvalue weighted by Crippen LogP contribution is 2.26. The van der Waals surface area contributed by atoms with Crippen molar-refractivity contribution in [1.82, 2.24) is 0 Å². The molecule has 7 nitrogen and oxygen atoms in total. The van der Waals surface area contributed by atoms with E-state index < -0.39 is 16.8 Å². The van der Waals surface area contributed by atoms with Crippen LogP contribution in [-0.4, -0.2) is 23.4 Å². The van der Waals surface area contributed by atoms with Gasteiger partial charge in [-0.15, -0.1) is 0 Å². The number of amides is 1. The van der Waals surface area contributed by atoms with Crippen LogP contribution in [0, 0.1) is 17.0 Å². The Morgan fingerprint density at radius 3 is 2.56 bits per heavy atom. The largest absolute Gasteiger partial charge is 0.462 e. The number of benzene rings is 2. The van der Waals surface area contributed by atoms with Gasteiger partial charge in [-0.25, -0.2) is 4.79 Å². The van der Waals surface area contributed by atoms with Gasteiger partial charge in [0.15, 0.2) is 0 Å². The maximum Gasteiger partial charge on any atom is 0.338 e. The van der Waals surface area contributed by atoms with Crippen molar-refractivity contribution in [1.29, 1.82) is 0 Å². The first-order valence-corrected chi connectivity index (χ1v) is 7.72. The molecule has 0 heterocycles. The van der Waals surface area contributed by atoms with E-state index in [0.29, 0.717) is 0 Å². The number of hydrogen-bond donors (Lipinski definition) is 1. The molecule has 0 aromatic heterocycles. The molecule has 1 amide bonds. The maximum absolute atomic E-state index is 12.3. The van der Waals surface area contributed by atoms with Crippen molar-refractivity contribution >= 4 is 23.3 Å². The number of rotatable bonds is 6. The third kappa shape index (κ3) is 4.63. The van der Waals surface area contributed by atoms with Crippen molar-refractivity contribution < 1.29 is 19.2 Å². The molecule has 2 aromatic carbocycles. The van der Waals surface area contributed by atoms with Crippen LogP contribution in [0.4, 0.5) is 11.4 Å². The van der Waals surface area contributed by atoms with Gasteiger partial charge in [0.05, 0.1) is 23.5 Å². The van der Waals surface area contributed by atoms with Crippen LogP contribution in [-0.2, 0) is 16.0 Å². The first-order chi connectivity index (χ1) is 11.9. The van der Waals surface area contributed by atoms with Crippen LogP contribution in [0.3, 0.4) is 0 Å². The zero-order chi connectivity index (χ0) is 18.4. The number of anilines is 1. The third-order valence-electron chi connectivity index (χ3n) is 3.59. The van der Waals surface area contributed by atoms with Crippen molar-refractivity contribution in [3.8, 4) is 0 Å². The summed E-state index contributed by atoms with van der Waals surface area (Å²) >= 11 is 0. The summed E-state index contributed by atoms with van der Waals surface area (Å²) < 4.78 is 4.88. The predicted octanol–water partition coefficient (Wildman–Crippen LogP) is 3.26. The van der Waals surface area contributed by atoms with E-state index in [-0.39, 0.29) is 30.0 Å². The van der Waals surface area contributed by atoms with E-state index in [1.165, 1.54) is 18.2 Å². The minimum atomic E-state index is -0.613. The summed E-state index contributed by atoms with van der Waals surface area (Å²) in [5, 5.41) is 13.7. The Morgan fingerprint density at radius 1 is 1.20 bits per heavy atom. The van der Waals surface area contributed by atoms with Gasteiger partial charge < -0.3 is 10.1 Å². The minimum absolute atomic E-state index is 0.0332. The summed E-state index contributed by atoms with van der Waals surface area (Å²) in [7, 11) is 0. The fraction of sp³-hybridized carbons (Fsp3) is 0.222. The van der Waals surface area contributed by atoms with Crippen molar-refractivity contribution in [3.63, 3.8) is 0 Å². The molecule has 2 rings (SSSR count). The fourth-order valence-electron chi connectivity index (χ4n) is 2.31. The lowest BCUT2D eigenvalue weighted by atomic mass is 10.1. The molecule has 0 atom stereocenters. The fourth-order valence-corrected chi connectivity index (χ4v) is 2.31. The molecule has 0 radical (unpaired) electrons. The SMILES string of the molecule is CCOC(=O)c1ccc([N+](=O)[O-])c(NC(=O)Cc2ccccc2C)c1. The van der Waals surface area contributed by atoms with E-state index in [0.717, 1.165) is 11.1 Å². The lowest BCUT2D eigenvalue weighted by molar-refractivity contribution is -0.383. The number of esters is 1. The first-order valence-electron chi connectivity index (χ1n) is 7.72. The van der Waals surface area contributed by atoms with Crippen LogP contribution in [0.2, 0.25) is 0 Å². The predicted molar refractivity (Wildman–Crippen MR) is 92.6 cm³/mol. The highest BCUT2D eigenvalue weighted by molar-refractivity contribution is 5.97. The van der Waals surface area contributed by atoms with Crippen molar-refractivity contribution in [2.75, 3.05) is 11.9 Å². The topological polar surface area (TPSA) is 98.5 Å². The summed E-state index contributed by atoms with van der Waals surface area (Å²) in [6.07, 6.45) is 0.0768. The molecule has 130 valence electrons. The van der Waals surface area contributed by atoms with Crippen LogP contribution in [0.15, 0.2) is 42.5 Å². The Morgan fingerprint density at radius 2 is 1.92 bits per heavy atom. The molecule has 2 aromatic rings. The quantitative estimate of drug-likeness (QED) is 0.493. The van der Waals surface area contributed by atoms with Gasteiger partial charge >= 0.3 is 5.97 Å². The molecular formula is C18H18N2O5. The molecule has 7 heteroatoms. The van der Waals surface area contributed by atoms with Crippen LogP contribution < -0.4 is 5.32 Å². The number of nitrogens with zero attached hydrogens (tertiary/aromatic N) is 1. The molecule has 0 unspecified atom stereocenters. The normalized spacial score (nSPS) is 10.2. The Hall–Kier alpha value is -3.22. The van der Waals surface area contributed by atoms with E-state index in [9.17, 15) is 19.7 Å². The van der Waals surface area contributed by atoms with E-state index in [1.807, 2.05) is 31.2 Å². The van der Waals surface area contributed by atoms with Crippen LogP contribution in [0.25, 0.3) is 0 Å². The number of carbonyl (C=O) groups excluding carboxylic acids is 2. The van der Waals surface area contributed by atoms with Gasteiger partial charge in [0, 0.05) is 6.07 Å². The summed E-state index contributed by atoms with van der Waals surface area (Å²) in [6, 6.07) is 11.1. The minimum Gasteiger partial charge on any atom is -0.462 e. The van der Waals surface area contributed by atoms with E-state index >= 15 is 0 Å². The average molecular weight is 342 g/mol. The molecule has 0 aliphatic heterocycles. The van der Waals surface area contributed by atoms with Gasteiger partial charge in [-0.3, -0.25) is 14.9 Å². The van der Waals surface area contributed by atoms with Crippen molar-refractivity contribution in [3.05, 3.63) is 69.3 Å². The summed E-state index contributed by atoms with van der Waals surface area (Å²) in [6.45, 7) is 3.73. The molecule has 0 aliphatic carbocycles. The Labute approximate surface area is 144 Å². The summed E-state index contributed by atoms with van der Waals surface area (Å²) in [4.78, 5) is 34.6. The van der Waals surface area contributed by atoms with Crippen LogP contribution in [0.5, 0.6) is 0 Å². The summed E-state index contributed by atoms with van der Waals surface area (Å²) in [5.74, 6) is -1.01. The van der Waals surface area contributed by atoms with E-state index in [2.05, 4.69) is 5.32 Å². The number of carbonyl (C=O) groups is 2. The molecule has 0 fully saturated rings. The number of nitro benzene ring substituents is 1. The second-order valence-electron chi connectivity index (χ2n) is 5.36. The smallest absolute Gasteiger partial charge is 0.338 e. The van der Waals surface area contributed by atoms with E-state index in [1.54, 1.807) is 6.92 Å². The third-order valence-corrected chi connectivity index (χ3v) is 3.59. The second-order valence-corrected chi connectivity index (χ2v) is 5.36. The monoisotopic (exact) mass is 342 g/mol. The van der Waals surface area contributed by atoms with Gasteiger partial charge in [0.2, 0.25) is 5.91 Å². The molecule has 0 saturated heterocycles. The number of nitro groups is 1. The van der Waals surface area contributed by atoms with Gasteiger partial charge in [-0.1, -0.05) is 24.3 Å². The Balaban J connectivity index is 2.25. The molecule has 0 bridgehead atoms. The van der Waals surface area contributed by atoms with Gasteiger partial charge in [0.25, 0.3) is 5.69 Å². The molecule has 0 saturated carbocycles. The molecule has 0 spiro atoms. The van der Waals surface area contributed by atoms with Gasteiger partial charge in [-0.2, -0.15) is 0 Å². The average Bonchev–Trinajstić information content (AvgIpc) is 2.57. The van der Waals surface area contributed by atoms with Crippen molar-refractivity contribution in [2.24, 2.45) is 0 Å². The van der Waals surface area contributed by atoms with Crippen LogP contribution >= 0.6 is 0 Å². The number of hydrogen-bond acceptors (Lipinski definition) is 5. The molecule has 0 aliphatic rings. The van der Waals surface area contributed by atoms with Crippen molar-refractivity contribution in [2.45, 2.75) is 20.3 Å². The lowest BCUT2D eigenvalue weighted by Gasteiger charge is -2.09. The highest BCUT2D eigenvalue weighted by Gasteiger charge is 2.19. The first kappa shape index (κ1) is 18.1. The lowest BCUT2D eigenvalue weighted by Crippen LogP contribution is -2.16.